The Labute approximate surface area is 217 Å². The van der Waals surface area contributed by atoms with Gasteiger partial charge in [0, 0.05) is 11.9 Å². The second-order valence-electron chi connectivity index (χ2n) is 10.1. The fourth-order valence-electron chi connectivity index (χ4n) is 4.99. The van der Waals surface area contributed by atoms with Crippen LogP contribution in [0.15, 0.2) is 68.6 Å². The summed E-state index contributed by atoms with van der Waals surface area (Å²) in [5, 5.41) is 17.9. The molecule has 0 aliphatic carbocycles. The van der Waals surface area contributed by atoms with Crippen LogP contribution >= 0.6 is 0 Å². The minimum Gasteiger partial charge on any atom is -0.451 e. The Kier molecular flexibility index (Phi) is 6.90. The first kappa shape index (κ1) is 25.5. The largest absolute Gasteiger partial charge is 0.451 e. The Balaban J connectivity index is 1.34. The van der Waals surface area contributed by atoms with Crippen LogP contribution in [0, 0.1) is 5.92 Å². The third kappa shape index (κ3) is 4.87. The first-order valence-corrected chi connectivity index (χ1v) is 12.7. The highest BCUT2D eigenvalue weighted by atomic mass is 16.3. The molecular formula is C28H30N4O6. The van der Waals surface area contributed by atoms with Crippen molar-refractivity contribution in [3.63, 3.8) is 0 Å². The number of hydrogen-bond donors (Lipinski definition) is 3. The number of aromatic nitrogens is 2. The molecule has 5 rings (SSSR count). The maximum absolute atomic E-state index is 13.3. The second-order valence-corrected chi connectivity index (χ2v) is 10.1. The number of para-hydroxylation sites is 1. The molecule has 0 radical (unpaired) electrons. The predicted octanol–water partition coefficient (Wildman–Crippen LogP) is 2.00. The summed E-state index contributed by atoms with van der Waals surface area (Å²) in [7, 11) is 0. The third-order valence-electron chi connectivity index (χ3n) is 6.93. The topological polar surface area (TPSA) is 136 Å². The van der Waals surface area contributed by atoms with E-state index in [0.29, 0.717) is 17.4 Å². The van der Waals surface area contributed by atoms with Crippen LogP contribution in [0.4, 0.5) is 0 Å². The van der Waals surface area contributed by atoms with Crippen LogP contribution in [0.25, 0.3) is 21.7 Å². The number of carbonyl (C=O) groups excluding carboxylic acids is 2. The fraction of sp³-hybridized carbons (Fsp3) is 0.357. The monoisotopic (exact) mass is 518 g/mol. The Morgan fingerprint density at radius 3 is 2.37 bits per heavy atom. The zero-order chi connectivity index (χ0) is 27.0. The van der Waals surface area contributed by atoms with Gasteiger partial charge in [-0.1, -0.05) is 44.2 Å². The molecule has 1 aliphatic rings. The molecule has 0 spiro atoms. The second kappa shape index (κ2) is 10.3. The van der Waals surface area contributed by atoms with E-state index in [1.807, 2.05) is 32.0 Å². The highest BCUT2D eigenvalue weighted by Gasteiger charge is 2.31. The van der Waals surface area contributed by atoms with Crippen molar-refractivity contribution in [3.8, 4) is 0 Å². The van der Waals surface area contributed by atoms with Gasteiger partial charge in [-0.15, -0.1) is 0 Å². The van der Waals surface area contributed by atoms with E-state index in [2.05, 4.69) is 10.6 Å². The molecule has 2 unspecified atom stereocenters. The lowest BCUT2D eigenvalue weighted by Crippen LogP contribution is -2.53. The van der Waals surface area contributed by atoms with E-state index < -0.39 is 30.0 Å². The molecule has 10 nitrogen and oxygen atoms in total. The summed E-state index contributed by atoms with van der Waals surface area (Å²) in [5.74, 6) is -0.776. The number of hydrogen-bond acceptors (Lipinski definition) is 6. The van der Waals surface area contributed by atoms with E-state index in [-0.39, 0.29) is 47.7 Å². The van der Waals surface area contributed by atoms with E-state index in [1.54, 1.807) is 36.4 Å². The molecule has 198 valence electrons. The summed E-state index contributed by atoms with van der Waals surface area (Å²) in [4.78, 5) is 52.4. The van der Waals surface area contributed by atoms with Crippen LogP contribution < -0.4 is 21.8 Å². The third-order valence-corrected chi connectivity index (χ3v) is 6.93. The van der Waals surface area contributed by atoms with E-state index in [9.17, 15) is 24.3 Å². The van der Waals surface area contributed by atoms with Crippen LogP contribution in [0.2, 0.25) is 0 Å². The lowest BCUT2D eigenvalue weighted by atomic mass is 10.0. The molecule has 4 aromatic rings. The van der Waals surface area contributed by atoms with Gasteiger partial charge in [0.15, 0.2) is 5.76 Å². The van der Waals surface area contributed by atoms with E-state index in [4.69, 9.17) is 4.42 Å². The standard InChI is InChI=1S/C28H30N4O6/c1-16(2)13-21(30-26(35)24-14-17-7-3-6-10-23(17)38-24)25(34)29-20-11-12-31-27(36)18-8-4-5-9-19(18)28(37)32(31)15-22(20)33/h3-10,14,16,20-22,33H,11-13,15H2,1-2H3,(H,29,34)(H,30,35)/t20?,21?,22-/m0/s1. The summed E-state index contributed by atoms with van der Waals surface area (Å²) in [6.07, 6.45) is -0.515. The van der Waals surface area contributed by atoms with Gasteiger partial charge >= 0.3 is 0 Å². The number of fused-ring (bicyclic) bond motifs is 3. The first-order chi connectivity index (χ1) is 18.2. The molecule has 0 bridgehead atoms. The zero-order valence-electron chi connectivity index (χ0n) is 21.2. The number of nitrogens with one attached hydrogen (secondary N) is 2. The Bertz CT molecular complexity index is 1600. The predicted molar refractivity (Wildman–Crippen MR) is 142 cm³/mol. The SMILES string of the molecule is CC(C)CC(NC(=O)c1cc2ccccc2o1)C(=O)NC1CCn2c(=O)c3ccccc3c(=O)n2C[C@@H]1O. The molecule has 3 atom stereocenters. The molecule has 2 aromatic heterocycles. The summed E-state index contributed by atoms with van der Waals surface area (Å²) in [6, 6.07) is 13.8. The van der Waals surface area contributed by atoms with Crippen LogP contribution in [0.3, 0.4) is 0 Å². The molecule has 3 N–H and O–H groups in total. The van der Waals surface area contributed by atoms with Gasteiger partial charge in [0.1, 0.15) is 11.6 Å². The number of carbonyl (C=O) groups is 2. The number of amides is 2. The molecule has 38 heavy (non-hydrogen) atoms. The van der Waals surface area contributed by atoms with Gasteiger partial charge in [0.05, 0.1) is 29.5 Å². The van der Waals surface area contributed by atoms with Gasteiger partial charge in [-0.05, 0) is 43.0 Å². The Morgan fingerprint density at radius 2 is 1.68 bits per heavy atom. The molecule has 0 saturated heterocycles. The van der Waals surface area contributed by atoms with Crippen LogP contribution in [-0.4, -0.2) is 44.5 Å². The van der Waals surface area contributed by atoms with Gasteiger partial charge in [-0.3, -0.25) is 19.2 Å². The number of aliphatic hydroxyl groups is 1. The number of furan rings is 1. The lowest BCUT2D eigenvalue weighted by Gasteiger charge is -2.25. The highest BCUT2D eigenvalue weighted by molar-refractivity contribution is 5.98. The van der Waals surface area contributed by atoms with Gasteiger partial charge in [0.25, 0.3) is 17.0 Å². The van der Waals surface area contributed by atoms with Crippen molar-refractivity contribution < 1.29 is 19.1 Å². The molecule has 10 heteroatoms. The average Bonchev–Trinajstić information content (AvgIpc) is 3.27. The average molecular weight is 519 g/mol. The van der Waals surface area contributed by atoms with E-state index in [1.165, 1.54) is 9.36 Å². The summed E-state index contributed by atoms with van der Waals surface area (Å²) < 4.78 is 8.22. The maximum atomic E-state index is 13.3. The molecular weight excluding hydrogens is 488 g/mol. The fourth-order valence-corrected chi connectivity index (χ4v) is 4.99. The summed E-state index contributed by atoms with van der Waals surface area (Å²) in [5.41, 5.74) is -0.126. The molecule has 2 amide bonds. The van der Waals surface area contributed by atoms with Crippen molar-refractivity contribution >= 4 is 33.6 Å². The lowest BCUT2D eigenvalue weighted by molar-refractivity contribution is -0.125. The van der Waals surface area contributed by atoms with E-state index >= 15 is 0 Å². The van der Waals surface area contributed by atoms with Crippen LogP contribution in [0.5, 0.6) is 0 Å². The van der Waals surface area contributed by atoms with E-state index in [0.717, 1.165) is 5.39 Å². The maximum Gasteiger partial charge on any atom is 0.287 e. The van der Waals surface area contributed by atoms with Gasteiger partial charge in [-0.25, -0.2) is 9.36 Å². The van der Waals surface area contributed by atoms with Gasteiger partial charge in [-0.2, -0.15) is 0 Å². The van der Waals surface area contributed by atoms with Crippen molar-refractivity contribution in [1.82, 2.24) is 20.0 Å². The first-order valence-electron chi connectivity index (χ1n) is 12.7. The van der Waals surface area contributed by atoms with Crippen molar-refractivity contribution in [3.05, 3.63) is 81.1 Å². The van der Waals surface area contributed by atoms with Crippen molar-refractivity contribution in [1.29, 1.82) is 0 Å². The summed E-state index contributed by atoms with van der Waals surface area (Å²) in [6.45, 7) is 3.87. The molecule has 0 fully saturated rings. The Morgan fingerprint density at radius 1 is 1.03 bits per heavy atom. The number of nitrogens with zero attached hydrogens (tertiary/aromatic N) is 2. The van der Waals surface area contributed by atoms with Crippen molar-refractivity contribution in [2.45, 2.75) is 58.0 Å². The number of benzene rings is 2. The summed E-state index contributed by atoms with van der Waals surface area (Å²) >= 11 is 0. The quantitative estimate of drug-likeness (QED) is 0.357. The minimum atomic E-state index is -1.11. The molecule has 0 saturated carbocycles. The Hall–Kier alpha value is -4.18. The number of rotatable bonds is 6. The number of aliphatic hydroxyl groups excluding tert-OH is 1. The van der Waals surface area contributed by atoms with Crippen LogP contribution in [-0.2, 0) is 17.9 Å². The van der Waals surface area contributed by atoms with Gasteiger partial charge in [0.2, 0.25) is 5.91 Å². The normalized spacial score (nSPS) is 18.2. The van der Waals surface area contributed by atoms with Crippen molar-refractivity contribution in [2.24, 2.45) is 5.92 Å². The smallest absolute Gasteiger partial charge is 0.287 e. The molecule has 1 aliphatic heterocycles. The minimum absolute atomic E-state index is 0.0922. The van der Waals surface area contributed by atoms with Crippen molar-refractivity contribution in [2.75, 3.05) is 0 Å². The zero-order valence-corrected chi connectivity index (χ0v) is 21.2. The van der Waals surface area contributed by atoms with Gasteiger partial charge < -0.3 is 20.2 Å². The molecule has 3 heterocycles. The molecule has 2 aromatic carbocycles. The highest BCUT2D eigenvalue weighted by Crippen LogP contribution is 2.19. The van der Waals surface area contributed by atoms with Crippen LogP contribution in [0.1, 0.15) is 37.2 Å².